The summed E-state index contributed by atoms with van der Waals surface area (Å²) in [6.07, 6.45) is 3.18. The fourth-order valence-corrected chi connectivity index (χ4v) is 3.49. The third-order valence-corrected chi connectivity index (χ3v) is 4.99. The lowest BCUT2D eigenvalue weighted by atomic mass is 10.2. The van der Waals surface area contributed by atoms with E-state index >= 15 is 0 Å². The van der Waals surface area contributed by atoms with Gasteiger partial charge in [0.25, 0.3) is 5.91 Å². The van der Waals surface area contributed by atoms with Gasteiger partial charge in [-0.3, -0.25) is 14.9 Å². The summed E-state index contributed by atoms with van der Waals surface area (Å²) in [6, 6.07) is 0.902. The third kappa shape index (κ3) is 3.74. The molecule has 3 atom stereocenters. The molecule has 11 heteroatoms. The number of anilines is 1. The first-order valence-corrected chi connectivity index (χ1v) is 9.10. The van der Waals surface area contributed by atoms with Crippen molar-refractivity contribution >= 4 is 22.8 Å². The molecule has 3 heterocycles. The number of hydrogen-bond donors (Lipinski definition) is 4. The van der Waals surface area contributed by atoms with Gasteiger partial charge in [0.2, 0.25) is 0 Å². The van der Waals surface area contributed by atoms with Gasteiger partial charge < -0.3 is 20.4 Å². The molecule has 1 fully saturated rings. The van der Waals surface area contributed by atoms with Crippen molar-refractivity contribution in [2.24, 2.45) is 0 Å². The molecule has 4 N–H and O–H groups in total. The molecule has 1 saturated carbocycles. The topological polar surface area (TPSA) is 140 Å². The van der Waals surface area contributed by atoms with E-state index in [2.05, 4.69) is 30.5 Å². The van der Waals surface area contributed by atoms with Gasteiger partial charge in [-0.05, 0) is 24.5 Å². The van der Waals surface area contributed by atoms with Gasteiger partial charge in [-0.2, -0.15) is 5.10 Å². The highest BCUT2D eigenvalue weighted by molar-refractivity contribution is 6.07. The summed E-state index contributed by atoms with van der Waals surface area (Å²) in [7, 11) is 1.57. The van der Waals surface area contributed by atoms with Crippen LogP contribution in [0.15, 0.2) is 24.8 Å². The summed E-state index contributed by atoms with van der Waals surface area (Å²) < 4.78 is 13.4. The summed E-state index contributed by atoms with van der Waals surface area (Å²) in [5.41, 5.74) is 1.00. The monoisotopic (exact) mass is 401 g/mol. The van der Waals surface area contributed by atoms with Gasteiger partial charge in [0.1, 0.15) is 18.0 Å². The molecule has 10 nitrogen and oxygen atoms in total. The summed E-state index contributed by atoms with van der Waals surface area (Å²) in [4.78, 5) is 26.4. The number of amides is 1. The quantitative estimate of drug-likeness (QED) is 0.483. The zero-order valence-corrected chi connectivity index (χ0v) is 15.6. The molecule has 0 saturated heterocycles. The second-order valence-electron chi connectivity index (χ2n) is 7.08. The number of aromatic amines is 1. The Hall–Kier alpha value is -3.18. The fourth-order valence-electron chi connectivity index (χ4n) is 3.49. The molecule has 0 unspecified atom stereocenters. The lowest BCUT2D eigenvalue weighted by Gasteiger charge is -2.19. The van der Waals surface area contributed by atoms with Crippen LogP contribution >= 0.6 is 0 Å². The van der Waals surface area contributed by atoms with Gasteiger partial charge in [-0.1, -0.05) is 0 Å². The highest BCUT2D eigenvalue weighted by Gasteiger charge is 2.34. The van der Waals surface area contributed by atoms with E-state index in [1.807, 2.05) is 0 Å². The number of rotatable bonds is 5. The SMILES string of the molecule is CN(Cc1cncc(F)c1)C(=O)c1n[nH]c2ncnc(N[C@@H]3CC[C@@H](O)[C@H]3O)c12. The average molecular weight is 401 g/mol. The summed E-state index contributed by atoms with van der Waals surface area (Å²) in [6.45, 7) is 0.141. The molecule has 29 heavy (non-hydrogen) atoms. The van der Waals surface area contributed by atoms with Crippen molar-refractivity contribution in [3.05, 3.63) is 41.9 Å². The molecule has 0 spiro atoms. The predicted octanol–water partition coefficient (Wildman–Crippen LogP) is 0.455. The molecule has 1 amide bonds. The fraction of sp³-hybridized carbons (Fsp3) is 0.389. The zero-order valence-electron chi connectivity index (χ0n) is 15.6. The van der Waals surface area contributed by atoms with Crippen molar-refractivity contribution in [1.29, 1.82) is 0 Å². The van der Waals surface area contributed by atoms with Crippen molar-refractivity contribution in [1.82, 2.24) is 30.0 Å². The largest absolute Gasteiger partial charge is 0.390 e. The highest BCUT2D eigenvalue weighted by atomic mass is 19.1. The molecular weight excluding hydrogens is 381 g/mol. The second-order valence-corrected chi connectivity index (χ2v) is 7.08. The Kier molecular flexibility index (Phi) is 5.07. The minimum absolute atomic E-state index is 0.1000. The van der Waals surface area contributed by atoms with Crippen LogP contribution in [0, 0.1) is 5.82 Å². The van der Waals surface area contributed by atoms with E-state index in [9.17, 15) is 19.4 Å². The van der Waals surface area contributed by atoms with Gasteiger partial charge in [-0.25, -0.2) is 14.4 Å². The Morgan fingerprint density at radius 1 is 1.34 bits per heavy atom. The Morgan fingerprint density at radius 3 is 2.90 bits per heavy atom. The van der Waals surface area contributed by atoms with Crippen molar-refractivity contribution < 1.29 is 19.4 Å². The van der Waals surface area contributed by atoms with E-state index in [1.165, 1.54) is 23.5 Å². The predicted molar refractivity (Wildman–Crippen MR) is 100 cm³/mol. The normalized spacial score (nSPS) is 21.4. The highest BCUT2D eigenvalue weighted by Crippen LogP contribution is 2.28. The molecule has 1 aliphatic rings. The van der Waals surface area contributed by atoms with E-state index in [1.54, 1.807) is 7.05 Å². The van der Waals surface area contributed by atoms with Gasteiger partial charge in [0.05, 0.1) is 29.8 Å². The number of aromatic nitrogens is 5. The van der Waals surface area contributed by atoms with E-state index in [0.717, 1.165) is 6.20 Å². The van der Waals surface area contributed by atoms with Gasteiger partial charge in [0, 0.05) is 19.8 Å². The maximum absolute atomic E-state index is 13.4. The number of hydrogen-bond acceptors (Lipinski definition) is 8. The van der Waals surface area contributed by atoms with Crippen LogP contribution in [0.3, 0.4) is 0 Å². The Morgan fingerprint density at radius 2 is 2.17 bits per heavy atom. The second kappa shape index (κ2) is 7.68. The first kappa shape index (κ1) is 19.2. The maximum Gasteiger partial charge on any atom is 0.275 e. The van der Waals surface area contributed by atoms with Crippen LogP contribution in [0.5, 0.6) is 0 Å². The molecule has 3 aromatic heterocycles. The minimum atomic E-state index is -0.936. The van der Waals surface area contributed by atoms with Crippen molar-refractivity contribution in [3.63, 3.8) is 0 Å². The van der Waals surface area contributed by atoms with Crippen LogP contribution in [-0.2, 0) is 6.54 Å². The average Bonchev–Trinajstić information content (AvgIpc) is 3.27. The minimum Gasteiger partial charge on any atom is -0.390 e. The number of carbonyl (C=O) groups is 1. The van der Waals surface area contributed by atoms with Crippen LogP contribution in [0.4, 0.5) is 10.2 Å². The van der Waals surface area contributed by atoms with Gasteiger partial charge >= 0.3 is 0 Å². The van der Waals surface area contributed by atoms with E-state index in [-0.39, 0.29) is 12.2 Å². The Balaban J connectivity index is 1.61. The Labute approximate surface area is 164 Å². The maximum atomic E-state index is 13.4. The lowest BCUT2D eigenvalue weighted by Crippen LogP contribution is -2.34. The summed E-state index contributed by atoms with van der Waals surface area (Å²) in [5, 5.41) is 30.1. The van der Waals surface area contributed by atoms with Crippen molar-refractivity contribution in [3.8, 4) is 0 Å². The molecule has 0 aromatic carbocycles. The van der Waals surface area contributed by atoms with Crippen LogP contribution in [0.2, 0.25) is 0 Å². The number of halogens is 1. The van der Waals surface area contributed by atoms with E-state index in [0.29, 0.717) is 35.3 Å². The van der Waals surface area contributed by atoms with Crippen LogP contribution < -0.4 is 5.32 Å². The molecule has 0 aliphatic heterocycles. The van der Waals surface area contributed by atoms with Crippen LogP contribution in [0.1, 0.15) is 28.9 Å². The molecule has 0 bridgehead atoms. The molecule has 152 valence electrons. The number of nitrogens with one attached hydrogen (secondary N) is 2. The number of aliphatic hydroxyl groups excluding tert-OH is 2. The molecule has 0 radical (unpaired) electrons. The Bertz CT molecular complexity index is 1040. The number of nitrogens with zero attached hydrogens (tertiary/aromatic N) is 5. The number of H-pyrrole nitrogens is 1. The number of pyridine rings is 1. The first-order valence-electron chi connectivity index (χ1n) is 9.10. The lowest BCUT2D eigenvalue weighted by molar-refractivity contribution is 0.0392. The molecule has 3 aromatic rings. The zero-order chi connectivity index (χ0) is 20.5. The molecular formula is C18H20FN7O3. The van der Waals surface area contributed by atoms with Crippen molar-refractivity contribution in [2.45, 2.75) is 37.6 Å². The summed E-state index contributed by atoms with van der Waals surface area (Å²) in [5.74, 6) is -0.554. The number of aliphatic hydroxyl groups is 2. The van der Waals surface area contributed by atoms with Crippen LogP contribution in [0.25, 0.3) is 11.0 Å². The third-order valence-electron chi connectivity index (χ3n) is 4.99. The van der Waals surface area contributed by atoms with E-state index in [4.69, 9.17) is 0 Å². The summed E-state index contributed by atoms with van der Waals surface area (Å²) >= 11 is 0. The van der Waals surface area contributed by atoms with Gasteiger partial charge in [-0.15, -0.1) is 0 Å². The van der Waals surface area contributed by atoms with Crippen LogP contribution in [-0.4, -0.2) is 71.5 Å². The number of carbonyl (C=O) groups excluding carboxylic acids is 1. The van der Waals surface area contributed by atoms with E-state index < -0.39 is 30.0 Å². The number of fused-ring (bicyclic) bond motifs is 1. The van der Waals surface area contributed by atoms with Gasteiger partial charge in [0.15, 0.2) is 11.3 Å². The molecule has 4 rings (SSSR count). The first-order chi connectivity index (χ1) is 13.9. The standard InChI is InChI=1S/C18H20FN7O3/c1-26(7-9-4-10(19)6-20-5-9)18(29)14-13-16(21-8-22-17(13)25-24-14)23-11-2-3-12(27)15(11)28/h4-6,8,11-12,15,27-28H,2-3,7H2,1H3,(H2,21,22,23,24,25)/t11-,12-,15+/m1/s1. The molecule has 1 aliphatic carbocycles. The smallest absolute Gasteiger partial charge is 0.275 e. The van der Waals surface area contributed by atoms with Crippen molar-refractivity contribution in [2.75, 3.05) is 12.4 Å².